The third-order valence-electron chi connectivity index (χ3n) is 4.96. The van der Waals surface area contributed by atoms with E-state index in [1.54, 1.807) is 0 Å². The molecule has 23 heavy (non-hydrogen) atoms. The molecule has 2 saturated carbocycles. The van der Waals surface area contributed by atoms with Gasteiger partial charge in [0.25, 0.3) is 0 Å². The third kappa shape index (κ3) is 4.34. The molecule has 4 nitrogen and oxygen atoms in total. The molecule has 2 aliphatic carbocycles. The van der Waals surface area contributed by atoms with E-state index in [0.29, 0.717) is 0 Å². The smallest absolute Gasteiger partial charge is 0.227 e. The summed E-state index contributed by atoms with van der Waals surface area (Å²) in [5, 5.41) is 6.06. The lowest BCUT2D eigenvalue weighted by Gasteiger charge is -2.23. The summed E-state index contributed by atoms with van der Waals surface area (Å²) in [6, 6.07) is 7.79. The number of carbonyl (C=O) groups is 2. The molecular formula is C19H26N2O2. The molecule has 0 spiro atoms. The highest BCUT2D eigenvalue weighted by Gasteiger charge is 2.29. The first-order valence-corrected chi connectivity index (χ1v) is 8.84. The summed E-state index contributed by atoms with van der Waals surface area (Å²) in [7, 11) is 0. The van der Waals surface area contributed by atoms with E-state index in [4.69, 9.17) is 0 Å². The predicted octanol–water partition coefficient (Wildman–Crippen LogP) is 3.79. The first kappa shape index (κ1) is 16.0. The molecule has 0 bridgehead atoms. The molecule has 2 N–H and O–H groups in total. The standard InChI is InChI=1S/C19H26N2O2/c1-13(20-18(22)15-5-3-2-4-6-15)14-9-11-17(12-10-14)21-19(23)16-7-8-16/h9-13,15-16H,2-8H2,1H3,(H,20,22)(H,21,23). The van der Waals surface area contributed by atoms with Crippen LogP contribution in [0.5, 0.6) is 0 Å². The number of hydrogen-bond donors (Lipinski definition) is 2. The summed E-state index contributed by atoms with van der Waals surface area (Å²) >= 11 is 0. The Morgan fingerprint density at radius 3 is 2.13 bits per heavy atom. The topological polar surface area (TPSA) is 58.2 Å². The minimum absolute atomic E-state index is 0.00221. The molecule has 4 heteroatoms. The van der Waals surface area contributed by atoms with Crippen molar-refractivity contribution in [2.45, 2.75) is 57.9 Å². The van der Waals surface area contributed by atoms with Crippen molar-refractivity contribution in [2.24, 2.45) is 11.8 Å². The van der Waals surface area contributed by atoms with Gasteiger partial charge in [-0.15, -0.1) is 0 Å². The van der Waals surface area contributed by atoms with Crippen LogP contribution in [0.2, 0.25) is 0 Å². The summed E-state index contributed by atoms with van der Waals surface area (Å²) in [4.78, 5) is 24.1. The Morgan fingerprint density at radius 1 is 0.913 bits per heavy atom. The van der Waals surface area contributed by atoms with Crippen LogP contribution in [0.15, 0.2) is 24.3 Å². The Balaban J connectivity index is 1.53. The molecule has 0 saturated heterocycles. The predicted molar refractivity (Wildman–Crippen MR) is 90.9 cm³/mol. The van der Waals surface area contributed by atoms with Gasteiger partial charge in [-0.3, -0.25) is 9.59 Å². The van der Waals surface area contributed by atoms with E-state index in [9.17, 15) is 9.59 Å². The highest BCUT2D eigenvalue weighted by Crippen LogP contribution is 2.30. The second-order valence-electron chi connectivity index (χ2n) is 6.95. The van der Waals surface area contributed by atoms with Gasteiger partial charge in [0, 0.05) is 17.5 Å². The van der Waals surface area contributed by atoms with Crippen LogP contribution in [-0.4, -0.2) is 11.8 Å². The van der Waals surface area contributed by atoms with Crippen molar-refractivity contribution in [1.82, 2.24) is 5.32 Å². The van der Waals surface area contributed by atoms with Crippen molar-refractivity contribution in [2.75, 3.05) is 5.32 Å². The first-order chi connectivity index (χ1) is 11.1. The molecular weight excluding hydrogens is 288 g/mol. The summed E-state index contributed by atoms with van der Waals surface area (Å²) < 4.78 is 0. The van der Waals surface area contributed by atoms with Crippen molar-refractivity contribution in [1.29, 1.82) is 0 Å². The molecule has 2 aliphatic rings. The molecule has 124 valence electrons. The van der Waals surface area contributed by atoms with Gasteiger partial charge in [-0.2, -0.15) is 0 Å². The number of carbonyl (C=O) groups excluding carboxylic acids is 2. The van der Waals surface area contributed by atoms with Gasteiger partial charge >= 0.3 is 0 Å². The molecule has 0 radical (unpaired) electrons. The second kappa shape index (κ2) is 7.16. The third-order valence-corrected chi connectivity index (χ3v) is 4.96. The Morgan fingerprint density at radius 2 is 1.52 bits per heavy atom. The fourth-order valence-electron chi connectivity index (χ4n) is 3.22. The van der Waals surface area contributed by atoms with Crippen LogP contribution in [-0.2, 0) is 9.59 Å². The van der Waals surface area contributed by atoms with Gasteiger partial charge in [0.1, 0.15) is 0 Å². The normalized spacial score (nSPS) is 19.9. The lowest BCUT2D eigenvalue weighted by molar-refractivity contribution is -0.126. The lowest BCUT2D eigenvalue weighted by Crippen LogP contribution is -2.33. The number of nitrogens with one attached hydrogen (secondary N) is 2. The average molecular weight is 314 g/mol. The lowest BCUT2D eigenvalue weighted by atomic mass is 9.88. The zero-order valence-corrected chi connectivity index (χ0v) is 13.8. The van der Waals surface area contributed by atoms with Gasteiger partial charge in [-0.25, -0.2) is 0 Å². The number of anilines is 1. The highest BCUT2D eigenvalue weighted by molar-refractivity contribution is 5.94. The largest absolute Gasteiger partial charge is 0.349 e. The van der Waals surface area contributed by atoms with Crippen LogP contribution in [0.3, 0.4) is 0 Å². The maximum Gasteiger partial charge on any atom is 0.227 e. The van der Waals surface area contributed by atoms with Gasteiger partial charge in [0.05, 0.1) is 6.04 Å². The van der Waals surface area contributed by atoms with E-state index in [1.165, 1.54) is 19.3 Å². The monoisotopic (exact) mass is 314 g/mol. The summed E-state index contributed by atoms with van der Waals surface area (Å²) in [6.07, 6.45) is 7.65. The van der Waals surface area contributed by atoms with E-state index in [0.717, 1.165) is 36.9 Å². The molecule has 0 aliphatic heterocycles. The van der Waals surface area contributed by atoms with Gasteiger partial charge < -0.3 is 10.6 Å². The molecule has 1 aromatic carbocycles. The fraction of sp³-hybridized carbons (Fsp3) is 0.579. The Bertz CT molecular complexity index is 557. The quantitative estimate of drug-likeness (QED) is 0.868. The van der Waals surface area contributed by atoms with Crippen molar-refractivity contribution in [3.05, 3.63) is 29.8 Å². The average Bonchev–Trinajstić information content (AvgIpc) is 3.41. The molecule has 1 aromatic rings. The van der Waals surface area contributed by atoms with Crippen molar-refractivity contribution < 1.29 is 9.59 Å². The molecule has 1 unspecified atom stereocenters. The molecule has 0 heterocycles. The Kier molecular flexibility index (Phi) is 4.99. The fourth-order valence-corrected chi connectivity index (χ4v) is 3.22. The van der Waals surface area contributed by atoms with Crippen LogP contribution < -0.4 is 10.6 Å². The molecule has 3 rings (SSSR count). The minimum atomic E-state index is -0.00221. The zero-order chi connectivity index (χ0) is 16.2. The van der Waals surface area contributed by atoms with E-state index in [2.05, 4.69) is 10.6 Å². The van der Waals surface area contributed by atoms with Gasteiger partial charge in [0.2, 0.25) is 11.8 Å². The van der Waals surface area contributed by atoms with E-state index in [-0.39, 0.29) is 29.7 Å². The molecule has 2 amide bonds. The van der Waals surface area contributed by atoms with E-state index >= 15 is 0 Å². The number of amides is 2. The van der Waals surface area contributed by atoms with E-state index in [1.807, 2.05) is 31.2 Å². The van der Waals surface area contributed by atoms with Crippen molar-refractivity contribution >= 4 is 17.5 Å². The number of rotatable bonds is 5. The van der Waals surface area contributed by atoms with Crippen LogP contribution in [0.4, 0.5) is 5.69 Å². The molecule has 0 aromatic heterocycles. The molecule has 1 atom stereocenters. The van der Waals surface area contributed by atoms with Gasteiger partial charge in [-0.1, -0.05) is 31.4 Å². The summed E-state index contributed by atoms with van der Waals surface area (Å²) in [5.41, 5.74) is 1.90. The van der Waals surface area contributed by atoms with Crippen molar-refractivity contribution in [3.8, 4) is 0 Å². The minimum Gasteiger partial charge on any atom is -0.349 e. The SMILES string of the molecule is CC(NC(=O)C1CCCCC1)c1ccc(NC(=O)C2CC2)cc1. The Hall–Kier alpha value is -1.84. The van der Waals surface area contributed by atoms with Crippen molar-refractivity contribution in [3.63, 3.8) is 0 Å². The maximum atomic E-state index is 12.3. The van der Waals surface area contributed by atoms with Crippen LogP contribution in [0.1, 0.15) is 63.5 Å². The van der Waals surface area contributed by atoms with E-state index < -0.39 is 0 Å². The van der Waals surface area contributed by atoms with Crippen LogP contribution in [0, 0.1) is 11.8 Å². The number of benzene rings is 1. The number of hydrogen-bond acceptors (Lipinski definition) is 2. The molecule has 2 fully saturated rings. The zero-order valence-electron chi connectivity index (χ0n) is 13.8. The summed E-state index contributed by atoms with van der Waals surface area (Å²) in [6.45, 7) is 2.01. The van der Waals surface area contributed by atoms with Crippen LogP contribution in [0.25, 0.3) is 0 Å². The van der Waals surface area contributed by atoms with Gasteiger partial charge in [0.15, 0.2) is 0 Å². The van der Waals surface area contributed by atoms with Gasteiger partial charge in [-0.05, 0) is 50.3 Å². The first-order valence-electron chi connectivity index (χ1n) is 8.84. The Labute approximate surface area is 138 Å². The maximum absolute atomic E-state index is 12.3. The van der Waals surface area contributed by atoms with Crippen LogP contribution >= 0.6 is 0 Å². The summed E-state index contributed by atoms with van der Waals surface area (Å²) in [5.74, 6) is 0.700. The second-order valence-corrected chi connectivity index (χ2v) is 6.95. The highest BCUT2D eigenvalue weighted by atomic mass is 16.2.